The summed E-state index contributed by atoms with van der Waals surface area (Å²) in [5.41, 5.74) is 0.257. The van der Waals surface area contributed by atoms with Gasteiger partial charge in [0, 0.05) is 7.05 Å². The number of carbonyl (C=O) groups excluding carboxylic acids is 2. The Balaban J connectivity index is 1.94. The van der Waals surface area contributed by atoms with Crippen molar-refractivity contribution in [2.75, 3.05) is 7.05 Å². The van der Waals surface area contributed by atoms with Gasteiger partial charge in [-0.15, -0.1) is 0 Å². The predicted molar refractivity (Wildman–Crippen MR) is 92.2 cm³/mol. The van der Waals surface area contributed by atoms with E-state index in [1.807, 2.05) is 13.8 Å². The summed E-state index contributed by atoms with van der Waals surface area (Å²) in [5, 5.41) is 9.80. The summed E-state index contributed by atoms with van der Waals surface area (Å²) >= 11 is 0. The van der Waals surface area contributed by atoms with Gasteiger partial charge < -0.3 is 10.6 Å². The van der Waals surface area contributed by atoms with E-state index in [9.17, 15) is 9.59 Å². The molecule has 8 nitrogen and oxygen atoms in total. The van der Waals surface area contributed by atoms with Gasteiger partial charge in [0.2, 0.25) is 5.91 Å². The smallest absolute Gasteiger partial charge is 0.270 e. The van der Waals surface area contributed by atoms with Gasteiger partial charge >= 0.3 is 0 Å². The Kier molecular flexibility index (Phi) is 4.69. The molecule has 2 aromatic heterocycles. The van der Waals surface area contributed by atoms with E-state index in [2.05, 4.69) is 25.7 Å². The van der Waals surface area contributed by atoms with E-state index in [4.69, 9.17) is 0 Å². The van der Waals surface area contributed by atoms with Crippen LogP contribution in [0, 0.1) is 0 Å². The van der Waals surface area contributed by atoms with Crippen LogP contribution in [0.2, 0.25) is 0 Å². The van der Waals surface area contributed by atoms with Crippen LogP contribution in [0.5, 0.6) is 0 Å². The van der Waals surface area contributed by atoms with Crippen LogP contribution in [0.3, 0.4) is 0 Å². The largest absolute Gasteiger partial charge is 0.357 e. The zero-order valence-corrected chi connectivity index (χ0v) is 14.9. The van der Waals surface area contributed by atoms with Crippen LogP contribution < -0.4 is 10.6 Å². The van der Waals surface area contributed by atoms with E-state index < -0.39 is 5.54 Å². The number of rotatable bonds is 4. The maximum atomic E-state index is 12.9. The first kappa shape index (κ1) is 17.3. The summed E-state index contributed by atoms with van der Waals surface area (Å²) in [6.45, 7) is 4.04. The van der Waals surface area contributed by atoms with Crippen LogP contribution >= 0.6 is 0 Å². The van der Waals surface area contributed by atoms with Gasteiger partial charge in [0.1, 0.15) is 17.6 Å². The van der Waals surface area contributed by atoms with E-state index in [0.717, 1.165) is 25.0 Å². The molecule has 0 unspecified atom stereocenters. The minimum Gasteiger partial charge on any atom is -0.357 e. The Morgan fingerprint density at radius 2 is 1.96 bits per heavy atom. The first-order valence-electron chi connectivity index (χ1n) is 8.72. The van der Waals surface area contributed by atoms with Crippen LogP contribution in [0.4, 0.5) is 0 Å². The quantitative estimate of drug-likeness (QED) is 0.873. The Hall–Kier alpha value is -2.51. The number of carbonyl (C=O) groups is 2. The van der Waals surface area contributed by atoms with E-state index in [-0.39, 0.29) is 23.4 Å². The molecule has 25 heavy (non-hydrogen) atoms. The monoisotopic (exact) mass is 344 g/mol. The molecule has 1 saturated carbocycles. The summed E-state index contributed by atoms with van der Waals surface area (Å²) in [5.74, 6) is 0.0430. The standard InChI is InChI=1S/C17H24N6O2/c1-11(2)13-9-12(21-16-19-10-20-23(13)16)14(24)22-17(15(25)18-3)7-5-4-6-8-17/h9-11H,4-8H2,1-3H3,(H,18,25)(H,22,24). The van der Waals surface area contributed by atoms with Gasteiger partial charge in [-0.05, 0) is 24.8 Å². The lowest BCUT2D eigenvalue weighted by atomic mass is 9.80. The first-order valence-corrected chi connectivity index (χ1v) is 8.72. The van der Waals surface area contributed by atoms with Crippen LogP contribution in [-0.2, 0) is 4.79 Å². The highest BCUT2D eigenvalue weighted by Gasteiger charge is 2.40. The van der Waals surface area contributed by atoms with Crippen LogP contribution in [0.15, 0.2) is 12.4 Å². The van der Waals surface area contributed by atoms with Gasteiger partial charge in [0.05, 0.1) is 5.69 Å². The van der Waals surface area contributed by atoms with Crippen LogP contribution in [0.25, 0.3) is 5.78 Å². The maximum absolute atomic E-state index is 12.9. The fourth-order valence-corrected chi connectivity index (χ4v) is 3.45. The highest BCUT2D eigenvalue weighted by molar-refractivity contribution is 5.98. The lowest BCUT2D eigenvalue weighted by Gasteiger charge is -2.36. The molecule has 0 aliphatic heterocycles. The van der Waals surface area contributed by atoms with E-state index in [1.54, 1.807) is 17.6 Å². The molecule has 0 bridgehead atoms. The Morgan fingerprint density at radius 1 is 1.24 bits per heavy atom. The van der Waals surface area contributed by atoms with Gasteiger partial charge in [-0.3, -0.25) is 9.59 Å². The third kappa shape index (κ3) is 3.20. The SMILES string of the molecule is CNC(=O)C1(NC(=O)c2cc(C(C)C)n3ncnc3n2)CCCCC1. The average molecular weight is 344 g/mol. The third-order valence-electron chi connectivity index (χ3n) is 4.83. The molecule has 1 fully saturated rings. The third-order valence-corrected chi connectivity index (χ3v) is 4.83. The molecule has 0 spiro atoms. The minimum absolute atomic E-state index is 0.145. The second kappa shape index (κ2) is 6.78. The second-order valence-electron chi connectivity index (χ2n) is 6.87. The minimum atomic E-state index is -0.858. The predicted octanol–water partition coefficient (Wildman–Crippen LogP) is 1.43. The molecule has 2 amide bonds. The van der Waals surface area contributed by atoms with Crippen LogP contribution in [0.1, 0.15) is 68.1 Å². The van der Waals surface area contributed by atoms with Crippen molar-refractivity contribution in [2.24, 2.45) is 0 Å². The van der Waals surface area contributed by atoms with Gasteiger partial charge in [0.25, 0.3) is 11.7 Å². The molecule has 0 aromatic carbocycles. The zero-order valence-electron chi connectivity index (χ0n) is 14.9. The summed E-state index contributed by atoms with van der Waals surface area (Å²) in [4.78, 5) is 33.7. The van der Waals surface area contributed by atoms with Gasteiger partial charge in [0.15, 0.2) is 0 Å². The van der Waals surface area contributed by atoms with Crippen molar-refractivity contribution in [1.29, 1.82) is 0 Å². The Bertz CT molecular complexity index is 792. The summed E-state index contributed by atoms with van der Waals surface area (Å²) < 4.78 is 1.64. The van der Waals surface area contributed by atoms with Crippen molar-refractivity contribution in [3.8, 4) is 0 Å². The lowest BCUT2D eigenvalue weighted by Crippen LogP contribution is -2.59. The first-order chi connectivity index (χ1) is 12.0. The van der Waals surface area contributed by atoms with Crippen molar-refractivity contribution in [2.45, 2.75) is 57.4 Å². The molecule has 0 saturated heterocycles. The number of aromatic nitrogens is 4. The molecule has 1 aliphatic rings. The fourth-order valence-electron chi connectivity index (χ4n) is 3.45. The number of likely N-dealkylation sites (N-methyl/N-ethyl adjacent to an activating group) is 1. The van der Waals surface area contributed by atoms with E-state index in [1.165, 1.54) is 6.33 Å². The van der Waals surface area contributed by atoms with Crippen molar-refractivity contribution in [1.82, 2.24) is 30.2 Å². The highest BCUT2D eigenvalue weighted by atomic mass is 16.2. The average Bonchev–Trinajstić information content (AvgIpc) is 3.09. The van der Waals surface area contributed by atoms with Crippen molar-refractivity contribution in [3.63, 3.8) is 0 Å². The molecule has 8 heteroatoms. The summed E-state index contributed by atoms with van der Waals surface area (Å²) in [7, 11) is 1.60. The maximum Gasteiger partial charge on any atom is 0.270 e. The van der Waals surface area contributed by atoms with Gasteiger partial charge in [-0.25, -0.2) is 9.50 Å². The fraction of sp³-hybridized carbons (Fsp3) is 0.588. The number of hydrogen-bond acceptors (Lipinski definition) is 5. The normalized spacial score (nSPS) is 16.8. The Morgan fingerprint density at radius 3 is 2.60 bits per heavy atom. The summed E-state index contributed by atoms with van der Waals surface area (Å²) in [6.07, 6.45) is 5.62. The van der Waals surface area contributed by atoms with Crippen LogP contribution in [-0.4, -0.2) is 44.0 Å². The number of hydrogen-bond donors (Lipinski definition) is 2. The molecule has 1 aliphatic carbocycles. The molecule has 2 heterocycles. The Labute approximate surface area is 146 Å². The molecule has 2 aromatic rings. The molecule has 134 valence electrons. The van der Waals surface area contributed by atoms with Gasteiger partial charge in [-0.2, -0.15) is 10.1 Å². The topological polar surface area (TPSA) is 101 Å². The number of fused-ring (bicyclic) bond motifs is 1. The number of amides is 2. The molecule has 0 atom stereocenters. The number of nitrogens with zero attached hydrogens (tertiary/aromatic N) is 4. The molecular formula is C17H24N6O2. The molecule has 0 radical (unpaired) electrons. The second-order valence-corrected chi connectivity index (χ2v) is 6.87. The molecule has 3 rings (SSSR count). The molecular weight excluding hydrogens is 320 g/mol. The highest BCUT2D eigenvalue weighted by Crippen LogP contribution is 2.29. The lowest BCUT2D eigenvalue weighted by molar-refractivity contribution is -0.128. The van der Waals surface area contributed by atoms with Crippen molar-refractivity contribution >= 4 is 17.6 Å². The number of nitrogens with one attached hydrogen (secondary N) is 2. The van der Waals surface area contributed by atoms with Gasteiger partial charge in [-0.1, -0.05) is 33.1 Å². The van der Waals surface area contributed by atoms with Crippen molar-refractivity contribution < 1.29 is 9.59 Å². The van der Waals surface area contributed by atoms with E-state index in [0.29, 0.717) is 18.6 Å². The van der Waals surface area contributed by atoms with Crippen molar-refractivity contribution in [3.05, 3.63) is 23.8 Å². The summed E-state index contributed by atoms with van der Waals surface area (Å²) in [6, 6.07) is 1.72. The molecule has 2 N–H and O–H groups in total. The zero-order chi connectivity index (χ0) is 18.0. The van der Waals surface area contributed by atoms with E-state index >= 15 is 0 Å².